The molecule has 1 aliphatic rings. The molecule has 0 saturated carbocycles. The number of hydrogen-bond donors (Lipinski definition) is 2. The van der Waals surface area contributed by atoms with Crippen LogP contribution in [0.15, 0.2) is 0 Å². The van der Waals surface area contributed by atoms with Gasteiger partial charge in [0.15, 0.2) is 0 Å². The van der Waals surface area contributed by atoms with Gasteiger partial charge in [-0.2, -0.15) is 4.37 Å². The molecule has 82 valence electrons. The van der Waals surface area contributed by atoms with E-state index in [0.717, 1.165) is 24.4 Å². The minimum Gasteiger partial charge on any atom is -0.394 e. The number of aliphatic hydroxyl groups excluding tert-OH is 1. The molecule has 0 spiro atoms. The summed E-state index contributed by atoms with van der Waals surface area (Å²) in [6.07, 6.45) is 1.30. The van der Waals surface area contributed by atoms with Crippen molar-refractivity contribution in [1.29, 1.82) is 0 Å². The number of carbonyl (C=O) groups excluding carboxylic acids is 1. The van der Waals surface area contributed by atoms with E-state index < -0.39 is 5.91 Å². The molecule has 3 N–H and O–H groups in total. The summed E-state index contributed by atoms with van der Waals surface area (Å²) in [5.74, 6) is -0.597. The van der Waals surface area contributed by atoms with Crippen LogP contribution in [-0.2, 0) is 4.74 Å². The van der Waals surface area contributed by atoms with Crippen LogP contribution in [0.2, 0.25) is 0 Å². The molecule has 15 heavy (non-hydrogen) atoms. The number of nitrogens with zero attached hydrogens (tertiary/aromatic N) is 2. The molecule has 0 aromatic carbocycles. The first-order chi connectivity index (χ1) is 7.20. The van der Waals surface area contributed by atoms with Crippen LogP contribution in [0.25, 0.3) is 0 Å². The Hall–Kier alpha value is -1.05. The first-order valence-electron chi connectivity index (χ1n) is 4.60. The molecule has 0 bridgehead atoms. The quantitative estimate of drug-likeness (QED) is 0.751. The zero-order valence-corrected chi connectivity index (χ0v) is 8.74. The van der Waals surface area contributed by atoms with Gasteiger partial charge in [-0.05, 0) is 24.4 Å². The lowest BCUT2D eigenvalue weighted by molar-refractivity contribution is 0.0109. The van der Waals surface area contributed by atoms with Gasteiger partial charge in [-0.3, -0.25) is 4.79 Å². The zero-order chi connectivity index (χ0) is 10.8. The Kier molecular flexibility index (Phi) is 2.94. The molecular weight excluding hydrogens is 218 g/mol. The average molecular weight is 229 g/mol. The molecule has 0 unspecified atom stereocenters. The summed E-state index contributed by atoms with van der Waals surface area (Å²) in [6.45, 7) is 0.0119. The van der Waals surface area contributed by atoms with Crippen LogP contribution in [0, 0.1) is 0 Å². The van der Waals surface area contributed by atoms with Gasteiger partial charge in [0.05, 0.1) is 12.7 Å². The van der Waals surface area contributed by atoms with E-state index in [2.05, 4.69) is 9.36 Å². The number of amides is 1. The predicted molar refractivity (Wildman–Crippen MR) is 52.4 cm³/mol. The SMILES string of the molecule is NC(=O)c1nsc([C@H]2CC[C@@H](CO)O2)n1. The van der Waals surface area contributed by atoms with Crippen molar-refractivity contribution in [3.63, 3.8) is 0 Å². The molecule has 1 amide bonds. The number of aliphatic hydroxyl groups is 1. The van der Waals surface area contributed by atoms with Crippen molar-refractivity contribution in [2.75, 3.05) is 6.61 Å². The van der Waals surface area contributed by atoms with Crippen LogP contribution in [0.4, 0.5) is 0 Å². The first kappa shape index (κ1) is 10.5. The lowest BCUT2D eigenvalue weighted by Crippen LogP contribution is -2.13. The number of hydrogen-bond acceptors (Lipinski definition) is 6. The van der Waals surface area contributed by atoms with Gasteiger partial charge < -0.3 is 15.6 Å². The molecule has 7 heteroatoms. The standard InChI is InChI=1S/C8H11N3O3S/c9-6(13)7-10-8(15-11-7)5-2-1-4(3-12)14-5/h4-5,12H,1-3H2,(H2,9,13)/t4-,5+/m0/s1. The molecule has 1 saturated heterocycles. The Labute approximate surface area is 90.2 Å². The maximum absolute atomic E-state index is 10.8. The first-order valence-corrected chi connectivity index (χ1v) is 5.37. The van der Waals surface area contributed by atoms with Crippen molar-refractivity contribution >= 4 is 17.4 Å². The highest BCUT2D eigenvalue weighted by molar-refractivity contribution is 7.05. The zero-order valence-electron chi connectivity index (χ0n) is 7.92. The molecule has 1 aromatic rings. The molecule has 1 fully saturated rings. The predicted octanol–water partition coefficient (Wildman–Crippen LogP) is -0.151. The fourth-order valence-electron chi connectivity index (χ4n) is 1.49. The second-order valence-electron chi connectivity index (χ2n) is 3.33. The number of rotatable bonds is 3. The third-order valence-electron chi connectivity index (χ3n) is 2.25. The van der Waals surface area contributed by atoms with Gasteiger partial charge in [0, 0.05) is 0 Å². The van der Waals surface area contributed by atoms with Gasteiger partial charge in [-0.1, -0.05) is 0 Å². The summed E-state index contributed by atoms with van der Waals surface area (Å²) >= 11 is 1.12. The van der Waals surface area contributed by atoms with Gasteiger partial charge in [-0.25, -0.2) is 4.98 Å². The van der Waals surface area contributed by atoms with Crippen LogP contribution in [-0.4, -0.2) is 33.1 Å². The van der Waals surface area contributed by atoms with E-state index in [9.17, 15) is 4.79 Å². The third-order valence-corrected chi connectivity index (χ3v) is 3.05. The van der Waals surface area contributed by atoms with Crippen molar-refractivity contribution in [3.8, 4) is 0 Å². The third kappa shape index (κ3) is 2.14. The second kappa shape index (κ2) is 4.21. The fraction of sp³-hybridized carbons (Fsp3) is 0.625. The van der Waals surface area contributed by atoms with Crippen LogP contribution >= 0.6 is 11.5 Å². The molecule has 1 aromatic heterocycles. The highest BCUT2D eigenvalue weighted by Crippen LogP contribution is 2.33. The molecule has 2 heterocycles. The van der Waals surface area contributed by atoms with Gasteiger partial charge in [0.2, 0.25) is 5.82 Å². The van der Waals surface area contributed by atoms with Crippen LogP contribution in [0.3, 0.4) is 0 Å². The van der Waals surface area contributed by atoms with E-state index in [1.165, 1.54) is 0 Å². The van der Waals surface area contributed by atoms with E-state index >= 15 is 0 Å². The van der Waals surface area contributed by atoms with E-state index in [-0.39, 0.29) is 24.6 Å². The molecular formula is C8H11N3O3S. The van der Waals surface area contributed by atoms with E-state index in [0.29, 0.717) is 5.01 Å². The van der Waals surface area contributed by atoms with Gasteiger partial charge in [0.25, 0.3) is 5.91 Å². The lowest BCUT2D eigenvalue weighted by Gasteiger charge is -2.07. The summed E-state index contributed by atoms with van der Waals surface area (Å²) in [5, 5.41) is 9.54. The molecule has 0 radical (unpaired) electrons. The van der Waals surface area contributed by atoms with E-state index in [1.54, 1.807) is 0 Å². The number of carbonyl (C=O) groups is 1. The summed E-state index contributed by atoms with van der Waals surface area (Å²) in [5.41, 5.74) is 5.04. The highest BCUT2D eigenvalue weighted by atomic mass is 32.1. The number of primary amides is 1. The van der Waals surface area contributed by atoms with Crippen LogP contribution in [0.1, 0.15) is 34.6 Å². The summed E-state index contributed by atoms with van der Waals surface area (Å²) in [7, 11) is 0. The molecule has 2 rings (SSSR count). The van der Waals surface area contributed by atoms with Crippen molar-refractivity contribution in [3.05, 3.63) is 10.8 Å². The molecule has 2 atom stereocenters. The Balaban J connectivity index is 2.07. The van der Waals surface area contributed by atoms with E-state index in [1.807, 2.05) is 0 Å². The van der Waals surface area contributed by atoms with Crippen LogP contribution in [0.5, 0.6) is 0 Å². The average Bonchev–Trinajstić information content (AvgIpc) is 2.86. The Morgan fingerprint density at radius 2 is 2.47 bits per heavy atom. The minimum atomic E-state index is -0.630. The number of nitrogens with two attached hydrogens (primary N) is 1. The van der Waals surface area contributed by atoms with Gasteiger partial charge in [0.1, 0.15) is 11.1 Å². The molecule has 0 aliphatic carbocycles. The summed E-state index contributed by atoms with van der Waals surface area (Å²) in [4.78, 5) is 14.8. The van der Waals surface area contributed by atoms with Crippen molar-refractivity contribution in [2.45, 2.75) is 25.0 Å². The number of ether oxygens (including phenoxy) is 1. The fourth-order valence-corrected chi connectivity index (χ4v) is 2.22. The second-order valence-corrected chi connectivity index (χ2v) is 4.11. The molecule has 6 nitrogen and oxygen atoms in total. The van der Waals surface area contributed by atoms with E-state index in [4.69, 9.17) is 15.6 Å². The van der Waals surface area contributed by atoms with Crippen molar-refractivity contribution in [1.82, 2.24) is 9.36 Å². The van der Waals surface area contributed by atoms with Crippen molar-refractivity contribution < 1.29 is 14.6 Å². The maximum atomic E-state index is 10.8. The maximum Gasteiger partial charge on any atom is 0.287 e. The van der Waals surface area contributed by atoms with Gasteiger partial charge in [-0.15, -0.1) is 0 Å². The normalized spacial score (nSPS) is 25.7. The minimum absolute atomic E-state index is 0.0119. The lowest BCUT2D eigenvalue weighted by atomic mass is 10.2. The van der Waals surface area contributed by atoms with Gasteiger partial charge >= 0.3 is 0 Å². The summed E-state index contributed by atoms with van der Waals surface area (Å²) < 4.78 is 9.32. The largest absolute Gasteiger partial charge is 0.394 e. The smallest absolute Gasteiger partial charge is 0.287 e. The highest BCUT2D eigenvalue weighted by Gasteiger charge is 2.29. The summed E-state index contributed by atoms with van der Waals surface area (Å²) in [6, 6.07) is 0. The number of aromatic nitrogens is 2. The monoisotopic (exact) mass is 229 g/mol. The van der Waals surface area contributed by atoms with Crippen LogP contribution < -0.4 is 5.73 Å². The molecule has 1 aliphatic heterocycles. The Bertz CT molecular complexity index is 368. The topological polar surface area (TPSA) is 98.3 Å². The van der Waals surface area contributed by atoms with Crippen molar-refractivity contribution in [2.24, 2.45) is 5.73 Å². The Morgan fingerprint density at radius 1 is 1.67 bits per heavy atom. The Morgan fingerprint density at radius 3 is 3.00 bits per heavy atom.